The first-order valence-corrected chi connectivity index (χ1v) is 8.35. The number of nitrogens with one attached hydrogen (secondary N) is 1. The number of ether oxygens (including phenoxy) is 1. The zero-order chi connectivity index (χ0) is 17.3. The predicted octanol–water partition coefficient (Wildman–Crippen LogP) is 3.23. The number of amides is 1. The third-order valence-corrected chi connectivity index (χ3v) is 4.77. The van der Waals surface area contributed by atoms with E-state index in [2.05, 4.69) is 5.32 Å². The Morgan fingerprint density at radius 1 is 1.21 bits per heavy atom. The van der Waals surface area contributed by atoms with Crippen LogP contribution in [0.25, 0.3) is 10.2 Å². The molecule has 1 heterocycles. The standard InChI is InChI=1S/C18H18N2O3S/c1-11-4-5-12(2)15(8-11)23-10-17(21)19-13-6-7-14-16(9-13)24-18(22)20(14)3/h4-9H,10H2,1-3H3,(H,19,21). The first-order valence-electron chi connectivity index (χ1n) is 7.53. The Morgan fingerprint density at radius 3 is 2.79 bits per heavy atom. The van der Waals surface area contributed by atoms with E-state index in [1.54, 1.807) is 23.7 Å². The fourth-order valence-electron chi connectivity index (χ4n) is 2.41. The lowest BCUT2D eigenvalue weighted by Gasteiger charge is -2.10. The molecule has 0 fully saturated rings. The summed E-state index contributed by atoms with van der Waals surface area (Å²) in [6, 6.07) is 11.3. The van der Waals surface area contributed by atoms with Crippen LogP contribution in [0.5, 0.6) is 5.75 Å². The summed E-state index contributed by atoms with van der Waals surface area (Å²) < 4.78 is 8.03. The van der Waals surface area contributed by atoms with Crippen LogP contribution in [0, 0.1) is 13.8 Å². The molecule has 1 aromatic heterocycles. The summed E-state index contributed by atoms with van der Waals surface area (Å²) in [6.07, 6.45) is 0. The molecule has 0 bridgehead atoms. The average Bonchev–Trinajstić information content (AvgIpc) is 2.82. The minimum absolute atomic E-state index is 0.0215. The van der Waals surface area contributed by atoms with E-state index in [-0.39, 0.29) is 17.4 Å². The van der Waals surface area contributed by atoms with Crippen molar-refractivity contribution in [2.75, 3.05) is 11.9 Å². The molecule has 0 atom stereocenters. The molecule has 0 spiro atoms. The zero-order valence-corrected chi connectivity index (χ0v) is 14.6. The summed E-state index contributed by atoms with van der Waals surface area (Å²) in [4.78, 5) is 23.7. The van der Waals surface area contributed by atoms with Gasteiger partial charge in [-0.2, -0.15) is 0 Å². The van der Waals surface area contributed by atoms with E-state index in [0.717, 1.165) is 32.7 Å². The van der Waals surface area contributed by atoms with Gasteiger partial charge in [0.15, 0.2) is 6.61 Å². The molecule has 0 unspecified atom stereocenters. The molecule has 0 radical (unpaired) electrons. The zero-order valence-electron chi connectivity index (χ0n) is 13.8. The van der Waals surface area contributed by atoms with Gasteiger partial charge >= 0.3 is 4.87 Å². The van der Waals surface area contributed by atoms with Crippen molar-refractivity contribution >= 4 is 33.1 Å². The van der Waals surface area contributed by atoms with E-state index in [1.165, 1.54) is 0 Å². The topological polar surface area (TPSA) is 60.3 Å². The number of rotatable bonds is 4. The summed E-state index contributed by atoms with van der Waals surface area (Å²) in [5, 5.41) is 2.80. The predicted molar refractivity (Wildman–Crippen MR) is 97.1 cm³/mol. The number of aryl methyl sites for hydroxylation is 3. The molecule has 3 rings (SSSR count). The Labute approximate surface area is 143 Å². The van der Waals surface area contributed by atoms with Gasteiger partial charge in [0.2, 0.25) is 0 Å². The molecular formula is C18H18N2O3S. The molecular weight excluding hydrogens is 324 g/mol. The molecule has 5 nitrogen and oxygen atoms in total. The van der Waals surface area contributed by atoms with Gasteiger partial charge in [0.25, 0.3) is 5.91 Å². The molecule has 1 N–H and O–H groups in total. The average molecular weight is 342 g/mol. The highest BCUT2D eigenvalue weighted by Crippen LogP contribution is 2.22. The van der Waals surface area contributed by atoms with E-state index in [1.807, 2.05) is 38.1 Å². The van der Waals surface area contributed by atoms with Crippen molar-refractivity contribution in [1.29, 1.82) is 0 Å². The van der Waals surface area contributed by atoms with Crippen LogP contribution in [0.15, 0.2) is 41.2 Å². The molecule has 124 valence electrons. The third-order valence-electron chi connectivity index (χ3n) is 3.78. The van der Waals surface area contributed by atoms with E-state index >= 15 is 0 Å². The quantitative estimate of drug-likeness (QED) is 0.792. The molecule has 24 heavy (non-hydrogen) atoms. The maximum Gasteiger partial charge on any atom is 0.307 e. The molecule has 6 heteroatoms. The number of anilines is 1. The Balaban J connectivity index is 1.68. The van der Waals surface area contributed by atoms with Crippen LogP contribution in [0.1, 0.15) is 11.1 Å². The smallest absolute Gasteiger partial charge is 0.307 e. The molecule has 0 aliphatic heterocycles. The minimum atomic E-state index is -0.237. The summed E-state index contributed by atoms with van der Waals surface area (Å²) in [7, 11) is 1.73. The number of fused-ring (bicyclic) bond motifs is 1. The van der Waals surface area contributed by atoms with Crippen LogP contribution in [-0.4, -0.2) is 17.1 Å². The lowest BCUT2D eigenvalue weighted by molar-refractivity contribution is -0.118. The van der Waals surface area contributed by atoms with Crippen LogP contribution in [0.2, 0.25) is 0 Å². The maximum atomic E-state index is 12.1. The van der Waals surface area contributed by atoms with Crippen LogP contribution < -0.4 is 14.9 Å². The van der Waals surface area contributed by atoms with Crippen molar-refractivity contribution in [1.82, 2.24) is 4.57 Å². The van der Waals surface area contributed by atoms with E-state index in [4.69, 9.17) is 4.74 Å². The van der Waals surface area contributed by atoms with Gasteiger partial charge in [0, 0.05) is 12.7 Å². The first-order chi connectivity index (χ1) is 11.4. The molecule has 0 saturated heterocycles. The number of nitrogens with zero attached hydrogens (tertiary/aromatic N) is 1. The Bertz CT molecular complexity index is 972. The van der Waals surface area contributed by atoms with Gasteiger partial charge < -0.3 is 14.6 Å². The highest BCUT2D eigenvalue weighted by molar-refractivity contribution is 7.16. The van der Waals surface area contributed by atoms with Gasteiger partial charge in [-0.15, -0.1) is 0 Å². The second-order valence-corrected chi connectivity index (χ2v) is 6.71. The molecule has 0 aliphatic rings. The van der Waals surface area contributed by atoms with Crippen molar-refractivity contribution in [3.05, 3.63) is 57.2 Å². The van der Waals surface area contributed by atoms with Gasteiger partial charge in [-0.3, -0.25) is 9.59 Å². The lowest BCUT2D eigenvalue weighted by atomic mass is 10.1. The van der Waals surface area contributed by atoms with Gasteiger partial charge in [-0.1, -0.05) is 23.5 Å². The highest BCUT2D eigenvalue weighted by Gasteiger charge is 2.08. The van der Waals surface area contributed by atoms with Gasteiger partial charge in [-0.05, 0) is 49.2 Å². The summed E-state index contributed by atoms with van der Waals surface area (Å²) in [6.45, 7) is 3.86. The summed E-state index contributed by atoms with van der Waals surface area (Å²) in [5.41, 5.74) is 3.58. The normalized spacial score (nSPS) is 10.8. The Morgan fingerprint density at radius 2 is 2.00 bits per heavy atom. The van der Waals surface area contributed by atoms with Gasteiger partial charge in [0.05, 0.1) is 10.2 Å². The molecule has 2 aromatic carbocycles. The molecule has 0 aliphatic carbocycles. The van der Waals surface area contributed by atoms with E-state index in [0.29, 0.717) is 11.4 Å². The Hall–Kier alpha value is -2.60. The maximum absolute atomic E-state index is 12.1. The van der Waals surface area contributed by atoms with Gasteiger partial charge in [0.1, 0.15) is 5.75 Å². The van der Waals surface area contributed by atoms with Crippen molar-refractivity contribution in [3.63, 3.8) is 0 Å². The third kappa shape index (κ3) is 3.33. The minimum Gasteiger partial charge on any atom is -0.483 e. The second-order valence-electron chi connectivity index (χ2n) is 5.72. The number of carbonyl (C=O) groups excluding carboxylic acids is 1. The Kier molecular flexibility index (Phi) is 4.40. The SMILES string of the molecule is Cc1ccc(C)c(OCC(=O)Nc2ccc3c(c2)sc(=O)n3C)c1. The molecule has 3 aromatic rings. The lowest BCUT2D eigenvalue weighted by Crippen LogP contribution is -2.20. The van der Waals surface area contributed by atoms with E-state index in [9.17, 15) is 9.59 Å². The number of thiazole rings is 1. The van der Waals surface area contributed by atoms with Crippen molar-refractivity contribution < 1.29 is 9.53 Å². The summed E-state index contributed by atoms with van der Waals surface area (Å²) in [5.74, 6) is 0.473. The largest absolute Gasteiger partial charge is 0.483 e. The fourth-order valence-corrected chi connectivity index (χ4v) is 3.33. The monoisotopic (exact) mass is 342 g/mol. The van der Waals surface area contributed by atoms with Crippen LogP contribution in [0.3, 0.4) is 0 Å². The van der Waals surface area contributed by atoms with Crippen LogP contribution in [0.4, 0.5) is 5.69 Å². The second kappa shape index (κ2) is 6.49. The van der Waals surface area contributed by atoms with Crippen molar-refractivity contribution in [2.24, 2.45) is 7.05 Å². The number of aromatic nitrogens is 1. The highest BCUT2D eigenvalue weighted by atomic mass is 32.1. The fraction of sp³-hybridized carbons (Fsp3) is 0.222. The van der Waals surface area contributed by atoms with Crippen molar-refractivity contribution in [2.45, 2.75) is 13.8 Å². The molecule has 0 saturated carbocycles. The molecule has 1 amide bonds. The van der Waals surface area contributed by atoms with Crippen molar-refractivity contribution in [3.8, 4) is 5.75 Å². The number of hydrogen-bond donors (Lipinski definition) is 1. The van der Waals surface area contributed by atoms with Crippen LogP contribution >= 0.6 is 11.3 Å². The number of hydrogen-bond acceptors (Lipinski definition) is 4. The first kappa shape index (κ1) is 16.3. The van der Waals surface area contributed by atoms with Gasteiger partial charge in [-0.25, -0.2) is 0 Å². The van der Waals surface area contributed by atoms with E-state index < -0.39 is 0 Å². The number of carbonyl (C=O) groups is 1. The van der Waals surface area contributed by atoms with Crippen LogP contribution in [-0.2, 0) is 11.8 Å². The summed E-state index contributed by atoms with van der Waals surface area (Å²) >= 11 is 1.16. The number of benzene rings is 2.